The van der Waals surface area contributed by atoms with E-state index in [1.807, 2.05) is 0 Å². The largest absolute Gasteiger partial charge is 0.298 e. The molecule has 0 amide bonds. The minimum absolute atomic E-state index is 0.243. The van der Waals surface area contributed by atoms with Gasteiger partial charge in [-0.15, -0.1) is 0 Å². The quantitative estimate of drug-likeness (QED) is 0.652. The van der Waals surface area contributed by atoms with Crippen molar-refractivity contribution >= 4 is 5.78 Å². The number of nitrogens with zero attached hydrogens (tertiary/aromatic N) is 1. The van der Waals surface area contributed by atoms with Gasteiger partial charge in [0.15, 0.2) is 0 Å². The molecule has 0 saturated heterocycles. The molecule has 0 aromatic carbocycles. The fourth-order valence-corrected chi connectivity index (χ4v) is 2.53. The van der Waals surface area contributed by atoms with Crippen LogP contribution >= 0.6 is 0 Å². The predicted octanol–water partition coefficient (Wildman–Crippen LogP) is 3.01. The van der Waals surface area contributed by atoms with Gasteiger partial charge in [-0.1, -0.05) is 26.7 Å². The third-order valence-corrected chi connectivity index (χ3v) is 3.23. The van der Waals surface area contributed by atoms with E-state index in [0.29, 0.717) is 5.78 Å². The van der Waals surface area contributed by atoms with Gasteiger partial charge in [-0.3, -0.25) is 9.69 Å². The van der Waals surface area contributed by atoms with E-state index >= 15 is 0 Å². The van der Waals surface area contributed by atoms with E-state index in [-0.39, 0.29) is 6.04 Å². The molecule has 1 unspecified atom stereocenters. The number of ketones is 1. The van der Waals surface area contributed by atoms with Gasteiger partial charge in [-0.05, 0) is 38.8 Å². The van der Waals surface area contributed by atoms with Crippen LogP contribution in [0, 0.1) is 0 Å². The van der Waals surface area contributed by atoms with E-state index in [9.17, 15) is 4.79 Å². The Morgan fingerprint density at radius 1 is 1.13 bits per heavy atom. The SMILES string of the molecule is CCCN(CCC)C1CCCCCC1=O. The lowest BCUT2D eigenvalue weighted by Crippen LogP contribution is -2.41. The lowest BCUT2D eigenvalue weighted by molar-refractivity contribution is -0.124. The number of Topliss-reactive ketones (excluding diaryl/α,β-unsaturated/α-hetero) is 1. The molecule has 1 saturated carbocycles. The molecule has 15 heavy (non-hydrogen) atoms. The van der Waals surface area contributed by atoms with Gasteiger partial charge in [0.25, 0.3) is 0 Å². The topological polar surface area (TPSA) is 20.3 Å². The average Bonchev–Trinajstić information content (AvgIpc) is 2.43. The highest BCUT2D eigenvalue weighted by molar-refractivity contribution is 5.84. The van der Waals surface area contributed by atoms with Crippen molar-refractivity contribution in [3.63, 3.8) is 0 Å². The predicted molar refractivity (Wildman–Crippen MR) is 64.0 cm³/mol. The zero-order chi connectivity index (χ0) is 11.1. The molecule has 0 bridgehead atoms. The minimum Gasteiger partial charge on any atom is -0.298 e. The maximum atomic E-state index is 12.0. The van der Waals surface area contributed by atoms with Crippen molar-refractivity contribution < 1.29 is 4.79 Å². The Labute approximate surface area is 94.0 Å². The molecule has 0 aromatic heterocycles. The summed E-state index contributed by atoms with van der Waals surface area (Å²) in [5, 5.41) is 0. The fraction of sp³-hybridized carbons (Fsp3) is 0.923. The van der Waals surface area contributed by atoms with Crippen LogP contribution < -0.4 is 0 Å². The van der Waals surface area contributed by atoms with Gasteiger partial charge in [0.2, 0.25) is 0 Å². The summed E-state index contributed by atoms with van der Waals surface area (Å²) in [6.07, 6.45) is 7.82. The molecule has 0 N–H and O–H groups in total. The highest BCUT2D eigenvalue weighted by Gasteiger charge is 2.25. The van der Waals surface area contributed by atoms with Crippen molar-refractivity contribution in [2.45, 2.75) is 64.8 Å². The number of hydrogen-bond donors (Lipinski definition) is 0. The summed E-state index contributed by atoms with van der Waals surface area (Å²) in [5.41, 5.74) is 0. The molecule has 2 nitrogen and oxygen atoms in total. The molecule has 0 spiro atoms. The van der Waals surface area contributed by atoms with E-state index in [1.165, 1.54) is 12.8 Å². The zero-order valence-corrected chi connectivity index (χ0v) is 10.3. The van der Waals surface area contributed by atoms with Crippen molar-refractivity contribution in [2.75, 3.05) is 13.1 Å². The van der Waals surface area contributed by atoms with Crippen LogP contribution in [-0.2, 0) is 4.79 Å². The lowest BCUT2D eigenvalue weighted by Gasteiger charge is -2.29. The Kier molecular flexibility index (Phi) is 5.92. The Morgan fingerprint density at radius 2 is 1.80 bits per heavy atom. The standard InChI is InChI=1S/C13H25NO/c1-3-10-14(11-4-2)12-8-6-5-7-9-13(12)15/h12H,3-11H2,1-2H3. The normalized spacial score (nSPS) is 23.1. The van der Waals surface area contributed by atoms with Crippen molar-refractivity contribution in [2.24, 2.45) is 0 Å². The molecule has 1 aliphatic rings. The van der Waals surface area contributed by atoms with Crippen LogP contribution in [0.3, 0.4) is 0 Å². The first-order chi connectivity index (χ1) is 7.29. The molecule has 1 atom stereocenters. The Bertz CT molecular complexity index is 185. The third kappa shape index (κ3) is 3.94. The molecule has 0 aliphatic heterocycles. The molecular weight excluding hydrogens is 186 g/mol. The Hall–Kier alpha value is -0.370. The van der Waals surface area contributed by atoms with E-state index in [2.05, 4.69) is 18.7 Å². The summed E-state index contributed by atoms with van der Waals surface area (Å²) in [6.45, 7) is 6.57. The van der Waals surface area contributed by atoms with Crippen molar-refractivity contribution in [1.29, 1.82) is 0 Å². The average molecular weight is 211 g/mol. The minimum atomic E-state index is 0.243. The first kappa shape index (κ1) is 12.7. The first-order valence-electron chi connectivity index (χ1n) is 6.56. The van der Waals surface area contributed by atoms with Crippen molar-refractivity contribution in [3.8, 4) is 0 Å². The smallest absolute Gasteiger partial charge is 0.149 e. The van der Waals surface area contributed by atoms with Gasteiger partial charge in [-0.25, -0.2) is 0 Å². The van der Waals surface area contributed by atoms with Crippen LogP contribution in [0.25, 0.3) is 0 Å². The van der Waals surface area contributed by atoms with Gasteiger partial charge in [0.05, 0.1) is 6.04 Å². The summed E-state index contributed by atoms with van der Waals surface area (Å²) in [6, 6.07) is 0.243. The van der Waals surface area contributed by atoms with Gasteiger partial charge >= 0.3 is 0 Å². The van der Waals surface area contributed by atoms with Gasteiger partial charge in [-0.2, -0.15) is 0 Å². The van der Waals surface area contributed by atoms with E-state index < -0.39 is 0 Å². The highest BCUT2D eigenvalue weighted by atomic mass is 16.1. The molecule has 2 heteroatoms. The first-order valence-corrected chi connectivity index (χ1v) is 6.56. The fourth-order valence-electron chi connectivity index (χ4n) is 2.53. The van der Waals surface area contributed by atoms with Gasteiger partial charge in [0.1, 0.15) is 5.78 Å². The summed E-state index contributed by atoms with van der Waals surface area (Å²) < 4.78 is 0. The molecule has 0 heterocycles. The zero-order valence-electron chi connectivity index (χ0n) is 10.3. The number of carbonyl (C=O) groups excluding carboxylic acids is 1. The van der Waals surface area contributed by atoms with Crippen molar-refractivity contribution in [1.82, 2.24) is 4.90 Å². The summed E-state index contributed by atoms with van der Waals surface area (Å²) >= 11 is 0. The van der Waals surface area contributed by atoms with E-state index in [1.54, 1.807) is 0 Å². The summed E-state index contributed by atoms with van der Waals surface area (Å²) in [4.78, 5) is 14.4. The number of hydrogen-bond acceptors (Lipinski definition) is 2. The second-order valence-corrected chi connectivity index (χ2v) is 4.62. The van der Waals surface area contributed by atoms with E-state index in [4.69, 9.17) is 0 Å². The molecule has 1 fully saturated rings. The monoisotopic (exact) mass is 211 g/mol. The molecule has 1 rings (SSSR count). The Morgan fingerprint density at radius 3 is 2.40 bits per heavy atom. The summed E-state index contributed by atoms with van der Waals surface area (Å²) in [5.74, 6) is 0.495. The second-order valence-electron chi connectivity index (χ2n) is 4.62. The van der Waals surface area contributed by atoms with Crippen LogP contribution in [-0.4, -0.2) is 29.8 Å². The third-order valence-electron chi connectivity index (χ3n) is 3.23. The van der Waals surface area contributed by atoms with Crippen LogP contribution in [0.1, 0.15) is 58.8 Å². The second kappa shape index (κ2) is 7.00. The van der Waals surface area contributed by atoms with Crippen LogP contribution in [0.4, 0.5) is 0 Å². The van der Waals surface area contributed by atoms with Crippen LogP contribution in [0.15, 0.2) is 0 Å². The highest BCUT2D eigenvalue weighted by Crippen LogP contribution is 2.19. The Balaban J connectivity index is 2.57. The van der Waals surface area contributed by atoms with E-state index in [0.717, 1.165) is 45.2 Å². The molecule has 0 aromatic rings. The number of rotatable bonds is 5. The van der Waals surface area contributed by atoms with Gasteiger partial charge < -0.3 is 0 Å². The number of carbonyl (C=O) groups is 1. The molecule has 0 radical (unpaired) electrons. The maximum absolute atomic E-state index is 12.0. The molecule has 88 valence electrons. The van der Waals surface area contributed by atoms with Crippen LogP contribution in [0.2, 0.25) is 0 Å². The van der Waals surface area contributed by atoms with Crippen LogP contribution in [0.5, 0.6) is 0 Å². The maximum Gasteiger partial charge on any atom is 0.149 e. The van der Waals surface area contributed by atoms with Gasteiger partial charge in [0, 0.05) is 6.42 Å². The summed E-state index contributed by atoms with van der Waals surface area (Å²) in [7, 11) is 0. The lowest BCUT2D eigenvalue weighted by atomic mass is 10.1. The van der Waals surface area contributed by atoms with Crippen molar-refractivity contribution in [3.05, 3.63) is 0 Å². The molecular formula is C13H25NO. The molecule has 1 aliphatic carbocycles.